The van der Waals surface area contributed by atoms with E-state index in [9.17, 15) is 14.2 Å². The van der Waals surface area contributed by atoms with E-state index >= 15 is 0 Å². The Kier molecular flexibility index (Phi) is 8.66. The summed E-state index contributed by atoms with van der Waals surface area (Å²) >= 11 is 0. The highest BCUT2D eigenvalue weighted by molar-refractivity contribution is 8.76. The third-order valence-corrected chi connectivity index (χ3v) is 4.77. The van der Waals surface area contributed by atoms with Crippen LogP contribution in [0.3, 0.4) is 0 Å². The van der Waals surface area contributed by atoms with Crippen LogP contribution in [0.2, 0.25) is 0 Å². The minimum absolute atomic E-state index is 0.0202. The van der Waals surface area contributed by atoms with E-state index in [0.29, 0.717) is 0 Å². The Labute approximate surface area is 116 Å². The van der Waals surface area contributed by atoms with E-state index in [1.807, 2.05) is 0 Å². The molecule has 7 N–H and O–H groups in total. The standard InChI is InChI=1S/C7H15N2O7PS2/c8-4(6(10)11)1-18-19-2-5(7(12)13)9-3-17(14,15)16/h4-5,9H,1-3,8H2,(H,10,11)(H,12,13)(H2,14,15,16)/t4-,5-/m0/s1. The van der Waals surface area contributed by atoms with E-state index in [2.05, 4.69) is 5.32 Å². The molecular formula is C7H15N2O7PS2. The van der Waals surface area contributed by atoms with Crippen molar-refractivity contribution in [3.63, 3.8) is 0 Å². The van der Waals surface area contributed by atoms with Crippen LogP contribution in [-0.2, 0) is 14.2 Å². The summed E-state index contributed by atoms with van der Waals surface area (Å²) in [6, 6.07) is -2.17. The van der Waals surface area contributed by atoms with Gasteiger partial charge in [-0.05, 0) is 0 Å². The molecule has 0 unspecified atom stereocenters. The fraction of sp³-hybridized carbons (Fsp3) is 0.714. The van der Waals surface area contributed by atoms with Crippen molar-refractivity contribution in [1.82, 2.24) is 5.32 Å². The Hall–Kier alpha value is -0.290. The minimum atomic E-state index is -4.32. The summed E-state index contributed by atoms with van der Waals surface area (Å²) in [7, 11) is -2.17. The van der Waals surface area contributed by atoms with Gasteiger partial charge in [0.15, 0.2) is 0 Å². The zero-order chi connectivity index (χ0) is 15.1. The van der Waals surface area contributed by atoms with Crippen molar-refractivity contribution >= 4 is 41.1 Å². The lowest BCUT2D eigenvalue weighted by molar-refractivity contribution is -0.139. The van der Waals surface area contributed by atoms with Crippen LogP contribution in [0.25, 0.3) is 0 Å². The van der Waals surface area contributed by atoms with Crippen molar-refractivity contribution in [3.05, 3.63) is 0 Å². The van der Waals surface area contributed by atoms with Crippen LogP contribution in [0.5, 0.6) is 0 Å². The smallest absolute Gasteiger partial charge is 0.339 e. The van der Waals surface area contributed by atoms with Crippen LogP contribution in [-0.4, -0.2) is 61.8 Å². The van der Waals surface area contributed by atoms with Crippen molar-refractivity contribution in [2.45, 2.75) is 12.1 Å². The number of carboxylic acids is 2. The number of nitrogens with two attached hydrogens (primary N) is 1. The third-order valence-electron chi connectivity index (χ3n) is 1.72. The van der Waals surface area contributed by atoms with Gasteiger partial charge in [0.25, 0.3) is 0 Å². The maximum absolute atomic E-state index is 10.8. The quantitative estimate of drug-likeness (QED) is 0.164. The first-order valence-corrected chi connectivity index (χ1v) is 9.15. The Morgan fingerprint density at radius 3 is 2.11 bits per heavy atom. The van der Waals surface area contributed by atoms with Crippen molar-refractivity contribution in [2.24, 2.45) is 5.73 Å². The molecule has 19 heavy (non-hydrogen) atoms. The number of rotatable bonds is 10. The summed E-state index contributed by atoms with van der Waals surface area (Å²) in [5.74, 6) is -2.27. The summed E-state index contributed by atoms with van der Waals surface area (Å²) in [5.41, 5.74) is 5.24. The topological polar surface area (TPSA) is 170 Å². The maximum Gasteiger partial charge on any atom is 0.339 e. The molecule has 0 aliphatic rings. The average Bonchev–Trinajstić information content (AvgIpc) is 2.25. The maximum atomic E-state index is 10.8. The first-order chi connectivity index (χ1) is 8.63. The van der Waals surface area contributed by atoms with Crippen molar-refractivity contribution in [1.29, 1.82) is 0 Å². The SMILES string of the molecule is N[C@@H](CSSC[C@H](NCP(=O)(O)O)C(=O)O)C(=O)O. The van der Waals surface area contributed by atoms with E-state index in [4.69, 9.17) is 25.7 Å². The largest absolute Gasteiger partial charge is 0.480 e. The predicted octanol–water partition coefficient (Wildman–Crippen LogP) is -1.04. The third kappa shape index (κ3) is 10.2. The summed E-state index contributed by atoms with van der Waals surface area (Å²) < 4.78 is 10.6. The first-order valence-electron chi connectivity index (χ1n) is 4.87. The molecule has 9 nitrogen and oxygen atoms in total. The number of nitrogens with one attached hydrogen (secondary N) is 1. The molecule has 0 amide bonds. The highest BCUT2D eigenvalue weighted by Crippen LogP contribution is 2.32. The van der Waals surface area contributed by atoms with Crippen molar-refractivity contribution in [3.8, 4) is 0 Å². The number of carboxylic acid groups (broad SMARTS) is 2. The number of hydrogen-bond donors (Lipinski definition) is 6. The summed E-state index contributed by atoms with van der Waals surface area (Å²) in [6.45, 7) is 0. The number of carbonyl (C=O) groups is 2. The van der Waals surface area contributed by atoms with E-state index in [1.165, 1.54) is 0 Å². The van der Waals surface area contributed by atoms with Crippen molar-refractivity contribution < 1.29 is 34.2 Å². The molecule has 0 heterocycles. The Bertz CT molecular complexity index is 363. The Morgan fingerprint density at radius 1 is 1.16 bits per heavy atom. The van der Waals surface area contributed by atoms with Gasteiger partial charge in [-0.1, -0.05) is 21.6 Å². The van der Waals surface area contributed by atoms with Gasteiger partial charge in [-0.2, -0.15) is 0 Å². The number of aliphatic carboxylic acids is 2. The van der Waals surface area contributed by atoms with E-state index in [-0.39, 0.29) is 11.5 Å². The van der Waals surface area contributed by atoms with Gasteiger partial charge in [-0.25, -0.2) is 0 Å². The van der Waals surface area contributed by atoms with Gasteiger partial charge in [-0.3, -0.25) is 19.5 Å². The van der Waals surface area contributed by atoms with Gasteiger partial charge in [0.2, 0.25) is 0 Å². The van der Waals surface area contributed by atoms with E-state index < -0.39 is 37.9 Å². The normalized spacial score (nSPS) is 14.9. The fourth-order valence-corrected chi connectivity index (χ4v) is 3.52. The highest BCUT2D eigenvalue weighted by atomic mass is 33.1. The fourth-order valence-electron chi connectivity index (χ4n) is 0.755. The molecule has 0 bridgehead atoms. The Morgan fingerprint density at radius 2 is 1.68 bits per heavy atom. The highest BCUT2D eigenvalue weighted by Gasteiger charge is 2.22. The molecule has 0 radical (unpaired) electrons. The van der Waals surface area contributed by atoms with E-state index in [0.717, 1.165) is 21.6 Å². The predicted molar refractivity (Wildman–Crippen MR) is 72.0 cm³/mol. The Balaban J connectivity index is 3.99. The molecule has 0 aliphatic heterocycles. The molecule has 112 valence electrons. The lowest BCUT2D eigenvalue weighted by Crippen LogP contribution is -2.39. The zero-order valence-electron chi connectivity index (χ0n) is 9.63. The monoisotopic (exact) mass is 334 g/mol. The van der Waals surface area contributed by atoms with Crippen LogP contribution < -0.4 is 11.1 Å². The minimum Gasteiger partial charge on any atom is -0.480 e. The van der Waals surface area contributed by atoms with Crippen LogP contribution in [0.4, 0.5) is 0 Å². The van der Waals surface area contributed by atoms with Crippen LogP contribution in [0.1, 0.15) is 0 Å². The zero-order valence-corrected chi connectivity index (χ0v) is 12.2. The van der Waals surface area contributed by atoms with E-state index in [1.54, 1.807) is 0 Å². The second-order valence-corrected chi connectivity index (χ2v) is 7.63. The molecule has 0 rings (SSSR count). The number of hydrogen-bond acceptors (Lipinski definition) is 7. The summed E-state index contributed by atoms with van der Waals surface area (Å²) in [4.78, 5) is 38.4. The lowest BCUT2D eigenvalue weighted by Gasteiger charge is -2.14. The molecule has 0 saturated heterocycles. The molecule has 12 heteroatoms. The van der Waals surface area contributed by atoms with Gasteiger partial charge >= 0.3 is 19.5 Å². The van der Waals surface area contributed by atoms with Crippen LogP contribution >= 0.6 is 29.2 Å². The molecule has 0 aromatic rings. The first kappa shape index (κ1) is 18.7. The second-order valence-electron chi connectivity index (χ2n) is 3.43. The summed E-state index contributed by atoms with van der Waals surface area (Å²) in [5, 5.41) is 19.5. The molecule has 0 aromatic heterocycles. The van der Waals surface area contributed by atoms with Crippen LogP contribution in [0.15, 0.2) is 0 Å². The second kappa shape index (κ2) is 8.80. The van der Waals surface area contributed by atoms with Gasteiger partial charge in [0.05, 0.1) is 6.29 Å². The van der Waals surface area contributed by atoms with Gasteiger partial charge in [0.1, 0.15) is 12.1 Å². The van der Waals surface area contributed by atoms with Gasteiger partial charge in [0, 0.05) is 11.5 Å². The van der Waals surface area contributed by atoms with Crippen molar-refractivity contribution in [2.75, 3.05) is 17.8 Å². The van der Waals surface area contributed by atoms with Gasteiger partial charge < -0.3 is 25.7 Å². The molecule has 0 aromatic carbocycles. The molecule has 0 aliphatic carbocycles. The molecule has 0 saturated carbocycles. The van der Waals surface area contributed by atoms with Gasteiger partial charge in [-0.15, -0.1) is 0 Å². The molecular weight excluding hydrogens is 319 g/mol. The van der Waals surface area contributed by atoms with Crippen LogP contribution in [0, 0.1) is 0 Å². The molecule has 0 spiro atoms. The average molecular weight is 334 g/mol. The lowest BCUT2D eigenvalue weighted by atomic mass is 10.3. The molecule has 2 atom stereocenters. The summed E-state index contributed by atoms with van der Waals surface area (Å²) in [6.07, 6.45) is -0.732. The molecule has 0 fully saturated rings.